The van der Waals surface area contributed by atoms with Crippen molar-refractivity contribution in [1.29, 1.82) is 0 Å². The van der Waals surface area contributed by atoms with E-state index in [4.69, 9.17) is 9.57 Å². The predicted octanol–water partition coefficient (Wildman–Crippen LogP) is 6.90. The van der Waals surface area contributed by atoms with E-state index in [1.54, 1.807) is 13.2 Å². The molecule has 3 aromatic rings. The third-order valence-electron chi connectivity index (χ3n) is 5.29. The summed E-state index contributed by atoms with van der Waals surface area (Å²) < 4.78 is 35.3. The van der Waals surface area contributed by atoms with Gasteiger partial charge in [0.15, 0.2) is 11.6 Å². The molecule has 0 aromatic heterocycles. The molecule has 8 heteroatoms. The van der Waals surface area contributed by atoms with Gasteiger partial charge in [-0.15, -0.1) is 0 Å². The molecule has 0 unspecified atom stereocenters. The Morgan fingerprint density at radius 3 is 2.67 bits per heavy atom. The van der Waals surface area contributed by atoms with Crippen LogP contribution in [0.1, 0.15) is 39.5 Å². The normalized spacial score (nSPS) is 11.0. The van der Waals surface area contributed by atoms with Crippen LogP contribution >= 0.6 is 38.5 Å². The Hall–Kier alpha value is -2.74. The Labute approximate surface area is 231 Å². The fraction of sp³-hybridized carbons (Fsp3) is 0.179. The molecule has 1 N–H and O–H groups in total. The fourth-order valence-electron chi connectivity index (χ4n) is 3.31. The van der Waals surface area contributed by atoms with Crippen LogP contribution in [0, 0.1) is 34.0 Å². The second-order valence-electron chi connectivity index (χ2n) is 7.87. The van der Waals surface area contributed by atoms with Crippen LogP contribution in [-0.2, 0) is 11.3 Å². The van der Waals surface area contributed by atoms with Crippen molar-refractivity contribution in [2.24, 2.45) is 0 Å². The van der Waals surface area contributed by atoms with Crippen molar-refractivity contribution >= 4 is 44.4 Å². The van der Waals surface area contributed by atoms with Crippen LogP contribution < -0.4 is 10.2 Å². The molecular formula is C28H23BrF2INO3. The fourth-order valence-corrected chi connectivity index (χ4v) is 4.36. The Morgan fingerprint density at radius 1 is 1.17 bits per heavy atom. The van der Waals surface area contributed by atoms with Gasteiger partial charge in [0.1, 0.15) is 5.75 Å². The zero-order valence-corrected chi connectivity index (χ0v) is 23.6. The van der Waals surface area contributed by atoms with Gasteiger partial charge in [-0.1, -0.05) is 24.0 Å². The third kappa shape index (κ3) is 7.38. The van der Waals surface area contributed by atoms with Crippen molar-refractivity contribution < 1.29 is 23.1 Å². The first-order chi connectivity index (χ1) is 17.2. The number of methoxy groups -OCH3 is 1. The first-order valence-electron chi connectivity index (χ1n) is 10.9. The summed E-state index contributed by atoms with van der Waals surface area (Å²) in [6.07, 6.45) is 1.75. The molecule has 4 nitrogen and oxygen atoms in total. The molecule has 0 atom stereocenters. The zero-order valence-electron chi connectivity index (χ0n) is 19.8. The van der Waals surface area contributed by atoms with E-state index >= 15 is 0 Å². The van der Waals surface area contributed by atoms with Gasteiger partial charge in [-0.2, -0.15) is 0 Å². The van der Waals surface area contributed by atoms with E-state index in [1.165, 1.54) is 6.07 Å². The molecule has 0 saturated carbocycles. The molecule has 36 heavy (non-hydrogen) atoms. The molecule has 3 aromatic carbocycles. The Morgan fingerprint density at radius 2 is 1.94 bits per heavy atom. The molecule has 0 radical (unpaired) electrons. The number of carbonyl (C=O) groups is 1. The van der Waals surface area contributed by atoms with Crippen molar-refractivity contribution in [3.8, 4) is 17.6 Å². The summed E-state index contributed by atoms with van der Waals surface area (Å²) in [6, 6.07) is 14.3. The van der Waals surface area contributed by atoms with Crippen molar-refractivity contribution in [3.63, 3.8) is 0 Å². The van der Waals surface area contributed by atoms with Crippen molar-refractivity contribution in [2.45, 2.75) is 20.3 Å². The Balaban J connectivity index is 1.70. The van der Waals surface area contributed by atoms with E-state index in [0.29, 0.717) is 0 Å². The van der Waals surface area contributed by atoms with E-state index < -0.39 is 17.5 Å². The molecule has 1 amide bonds. The summed E-state index contributed by atoms with van der Waals surface area (Å²) in [5, 5.41) is 0. The largest absolute Gasteiger partial charge is 0.497 e. The lowest BCUT2D eigenvalue weighted by Crippen LogP contribution is -2.26. The molecule has 186 valence electrons. The van der Waals surface area contributed by atoms with E-state index in [0.717, 1.165) is 31.6 Å². The number of rotatable bonds is 7. The van der Waals surface area contributed by atoms with Gasteiger partial charge in [0.25, 0.3) is 5.91 Å². The minimum absolute atomic E-state index is 0.0164. The average Bonchev–Trinajstić information content (AvgIpc) is 2.86. The number of halogens is 4. The number of benzene rings is 3. The average molecular weight is 666 g/mol. The highest BCUT2D eigenvalue weighted by Gasteiger charge is 2.22. The molecule has 0 bridgehead atoms. The molecule has 0 aliphatic carbocycles. The maximum atomic E-state index is 14.9. The number of allylic oxidation sites excluding steroid dienone is 1. The van der Waals surface area contributed by atoms with Gasteiger partial charge in [-0.3, -0.25) is 9.63 Å². The number of nitrogens with one attached hydrogen (secondary N) is 1. The van der Waals surface area contributed by atoms with E-state index in [1.807, 2.05) is 56.3 Å². The van der Waals surface area contributed by atoms with Gasteiger partial charge in [0.2, 0.25) is 0 Å². The number of hydrogen-bond donors (Lipinski definition) is 1. The first-order valence-corrected chi connectivity index (χ1v) is 12.7. The van der Waals surface area contributed by atoms with Gasteiger partial charge in [-0.25, -0.2) is 14.3 Å². The van der Waals surface area contributed by atoms with Crippen LogP contribution in [0.4, 0.5) is 8.78 Å². The number of ether oxygens (including phenoxy) is 1. The Bertz CT molecular complexity index is 1380. The van der Waals surface area contributed by atoms with Crippen LogP contribution in [0.5, 0.6) is 5.75 Å². The number of amides is 1. The topological polar surface area (TPSA) is 47.6 Å². The van der Waals surface area contributed by atoms with E-state index in [2.05, 4.69) is 55.8 Å². The van der Waals surface area contributed by atoms with Crippen molar-refractivity contribution in [3.05, 3.63) is 108 Å². The summed E-state index contributed by atoms with van der Waals surface area (Å²) in [4.78, 5) is 18.1. The number of hydrogen-bond acceptors (Lipinski definition) is 3. The third-order valence-corrected chi connectivity index (χ3v) is 6.54. The highest BCUT2D eigenvalue weighted by atomic mass is 127. The maximum absolute atomic E-state index is 14.9. The number of aryl methyl sites for hydroxylation is 1. The molecular weight excluding hydrogens is 643 g/mol. The Kier molecular flexibility index (Phi) is 10.0. The second-order valence-corrected chi connectivity index (χ2v) is 9.97. The minimum Gasteiger partial charge on any atom is -0.497 e. The summed E-state index contributed by atoms with van der Waals surface area (Å²) in [7, 11) is 1.59. The zero-order chi connectivity index (χ0) is 26.2. The molecule has 0 aliphatic rings. The van der Waals surface area contributed by atoms with Gasteiger partial charge in [-0.05, 0) is 112 Å². The first kappa shape index (κ1) is 27.8. The highest BCUT2D eigenvalue weighted by Crippen LogP contribution is 2.28. The second kappa shape index (κ2) is 13.0. The lowest BCUT2D eigenvalue weighted by atomic mass is 9.96. The summed E-state index contributed by atoms with van der Waals surface area (Å²) >= 11 is 5.17. The summed E-state index contributed by atoms with van der Waals surface area (Å²) in [6.45, 7) is 3.74. The standard InChI is InChI=1S/C28H23BrF2INO3/c1-17(7-8-19-5-4-6-22(14-19)35-3)11-12-36-33-28(34)24-16-25(29)27(31)26(30)23(24)15-20-9-10-21(32)13-18(20)2/h4-6,9-11,13-14,16H,12,15H2,1-3H3,(H,33,34)/b17-11+. The van der Waals surface area contributed by atoms with Crippen LogP contribution in [0.15, 0.2) is 64.7 Å². The molecule has 0 heterocycles. The lowest BCUT2D eigenvalue weighted by molar-refractivity contribution is 0.0418. The summed E-state index contributed by atoms with van der Waals surface area (Å²) in [5.41, 5.74) is 5.49. The van der Waals surface area contributed by atoms with E-state index in [9.17, 15) is 13.6 Å². The molecule has 3 rings (SSSR count). The maximum Gasteiger partial charge on any atom is 0.275 e. The van der Waals surface area contributed by atoms with Gasteiger partial charge < -0.3 is 4.74 Å². The predicted molar refractivity (Wildman–Crippen MR) is 148 cm³/mol. The van der Waals surface area contributed by atoms with Gasteiger partial charge in [0, 0.05) is 26.7 Å². The highest BCUT2D eigenvalue weighted by molar-refractivity contribution is 14.1. The number of carbonyl (C=O) groups excluding carboxylic acids is 1. The van der Waals surface area contributed by atoms with Crippen LogP contribution in [0.2, 0.25) is 0 Å². The monoisotopic (exact) mass is 665 g/mol. The van der Waals surface area contributed by atoms with Crippen LogP contribution in [0.3, 0.4) is 0 Å². The smallest absolute Gasteiger partial charge is 0.275 e. The van der Waals surface area contributed by atoms with Crippen LogP contribution in [0.25, 0.3) is 0 Å². The SMILES string of the molecule is COc1cccc(C#C/C(C)=C/CONC(=O)c2cc(Br)c(F)c(F)c2Cc2ccc(I)cc2C)c1. The summed E-state index contributed by atoms with van der Waals surface area (Å²) in [5.74, 6) is 3.95. The van der Waals surface area contributed by atoms with Gasteiger partial charge >= 0.3 is 0 Å². The van der Waals surface area contributed by atoms with Gasteiger partial charge in [0.05, 0.1) is 18.2 Å². The lowest BCUT2D eigenvalue weighted by Gasteiger charge is -2.14. The molecule has 0 saturated heterocycles. The molecule has 0 spiro atoms. The molecule has 0 fully saturated rings. The van der Waals surface area contributed by atoms with Crippen molar-refractivity contribution in [1.82, 2.24) is 5.48 Å². The van der Waals surface area contributed by atoms with E-state index in [-0.39, 0.29) is 28.6 Å². The van der Waals surface area contributed by atoms with Crippen molar-refractivity contribution in [2.75, 3.05) is 13.7 Å². The quantitative estimate of drug-likeness (QED) is 0.0983. The minimum atomic E-state index is -1.07. The molecule has 0 aliphatic heterocycles. The number of hydroxylamine groups is 1. The van der Waals surface area contributed by atoms with Crippen LogP contribution in [-0.4, -0.2) is 19.6 Å².